The summed E-state index contributed by atoms with van der Waals surface area (Å²) in [5, 5.41) is 13.3. The van der Waals surface area contributed by atoms with Gasteiger partial charge in [-0.05, 0) is 37.3 Å². The number of carbonyl (C=O) groups excluding carboxylic acids is 3. The molecule has 0 heterocycles. The second kappa shape index (κ2) is 10.8. The van der Waals surface area contributed by atoms with E-state index in [9.17, 15) is 19.2 Å². The van der Waals surface area contributed by atoms with Crippen LogP contribution < -0.4 is 10.6 Å². The predicted molar refractivity (Wildman–Crippen MR) is 114 cm³/mol. The van der Waals surface area contributed by atoms with E-state index in [2.05, 4.69) is 10.6 Å². The van der Waals surface area contributed by atoms with E-state index >= 15 is 0 Å². The van der Waals surface area contributed by atoms with Crippen LogP contribution in [0.3, 0.4) is 0 Å². The van der Waals surface area contributed by atoms with E-state index in [0.29, 0.717) is 11.4 Å². The van der Waals surface area contributed by atoms with Gasteiger partial charge in [0.15, 0.2) is 0 Å². The highest BCUT2D eigenvalue weighted by Gasteiger charge is 2.18. The number of thioether (sulfide) groups is 1. The highest BCUT2D eigenvalue weighted by atomic mass is 32.2. The van der Waals surface area contributed by atoms with Gasteiger partial charge in [0.2, 0.25) is 11.8 Å². The number of amides is 2. The molecule has 0 aliphatic rings. The molecular formula is C21H20N2O6S. The minimum Gasteiger partial charge on any atom is -0.478 e. The first-order valence-corrected chi connectivity index (χ1v) is 9.65. The number of anilines is 2. The number of aliphatic carboxylic acids is 1. The van der Waals surface area contributed by atoms with Crippen molar-refractivity contribution < 1.29 is 29.0 Å². The van der Waals surface area contributed by atoms with E-state index in [0.717, 1.165) is 17.0 Å². The Morgan fingerprint density at radius 2 is 1.77 bits per heavy atom. The van der Waals surface area contributed by atoms with Crippen LogP contribution in [0, 0.1) is 0 Å². The summed E-state index contributed by atoms with van der Waals surface area (Å²) in [4.78, 5) is 47.3. The molecule has 0 aromatic heterocycles. The Hall–Kier alpha value is -3.59. The molecule has 0 aliphatic carbocycles. The van der Waals surface area contributed by atoms with Gasteiger partial charge >= 0.3 is 11.9 Å². The molecule has 2 amide bonds. The summed E-state index contributed by atoms with van der Waals surface area (Å²) in [7, 11) is 1.27. The Balaban J connectivity index is 2.03. The van der Waals surface area contributed by atoms with Crippen molar-refractivity contribution in [2.75, 3.05) is 17.7 Å². The molecule has 1 unspecified atom stereocenters. The fraction of sp³-hybridized carbons (Fsp3) is 0.143. The number of methoxy groups -OCH3 is 1. The SMILES string of the molecule is COC(=O)c1ccccc1NC(=O)C(C)Sc1cccc(NC(=O)/C=C/C(=O)O)c1. The fourth-order valence-corrected chi connectivity index (χ4v) is 3.28. The van der Waals surface area contributed by atoms with Crippen molar-refractivity contribution in [1.82, 2.24) is 0 Å². The lowest BCUT2D eigenvalue weighted by atomic mass is 10.2. The molecule has 8 nitrogen and oxygen atoms in total. The summed E-state index contributed by atoms with van der Waals surface area (Å²) in [6.45, 7) is 1.71. The summed E-state index contributed by atoms with van der Waals surface area (Å²) < 4.78 is 4.72. The molecule has 0 spiro atoms. The largest absolute Gasteiger partial charge is 0.478 e. The Bertz CT molecular complexity index is 989. The second-order valence-electron chi connectivity index (χ2n) is 5.98. The highest BCUT2D eigenvalue weighted by molar-refractivity contribution is 8.00. The Morgan fingerprint density at radius 3 is 2.47 bits per heavy atom. The van der Waals surface area contributed by atoms with Gasteiger partial charge in [0.1, 0.15) is 0 Å². The van der Waals surface area contributed by atoms with Crippen LogP contribution in [0.1, 0.15) is 17.3 Å². The maximum absolute atomic E-state index is 12.6. The number of carboxylic acid groups (broad SMARTS) is 1. The van der Waals surface area contributed by atoms with Gasteiger partial charge in [-0.3, -0.25) is 9.59 Å². The third-order valence-electron chi connectivity index (χ3n) is 3.75. The smallest absolute Gasteiger partial charge is 0.339 e. The Labute approximate surface area is 177 Å². The van der Waals surface area contributed by atoms with Crippen LogP contribution in [0.5, 0.6) is 0 Å². The first kappa shape index (κ1) is 22.7. The molecule has 0 saturated heterocycles. The van der Waals surface area contributed by atoms with Gasteiger partial charge in [0.25, 0.3) is 0 Å². The lowest BCUT2D eigenvalue weighted by molar-refractivity contribution is -0.131. The van der Waals surface area contributed by atoms with Crippen molar-refractivity contribution in [1.29, 1.82) is 0 Å². The molecule has 0 saturated carbocycles. The second-order valence-corrected chi connectivity index (χ2v) is 7.39. The summed E-state index contributed by atoms with van der Waals surface area (Å²) in [5.74, 6) is -2.66. The summed E-state index contributed by atoms with van der Waals surface area (Å²) in [6.07, 6.45) is 1.66. The van der Waals surface area contributed by atoms with Crippen LogP contribution >= 0.6 is 11.8 Å². The van der Waals surface area contributed by atoms with Gasteiger partial charge in [-0.1, -0.05) is 18.2 Å². The van der Waals surface area contributed by atoms with Gasteiger partial charge in [0, 0.05) is 22.7 Å². The zero-order valence-corrected chi connectivity index (χ0v) is 17.1. The van der Waals surface area contributed by atoms with Crippen molar-refractivity contribution in [3.63, 3.8) is 0 Å². The number of esters is 1. The van der Waals surface area contributed by atoms with E-state index in [4.69, 9.17) is 9.84 Å². The number of ether oxygens (including phenoxy) is 1. The molecule has 0 fully saturated rings. The number of rotatable bonds is 8. The molecule has 30 heavy (non-hydrogen) atoms. The van der Waals surface area contributed by atoms with Crippen LogP contribution in [0.4, 0.5) is 11.4 Å². The molecule has 156 valence electrons. The predicted octanol–water partition coefficient (Wildman–Crippen LogP) is 3.17. The molecule has 0 bridgehead atoms. The first-order chi connectivity index (χ1) is 14.3. The maximum atomic E-state index is 12.6. The fourth-order valence-electron chi connectivity index (χ4n) is 2.35. The lowest BCUT2D eigenvalue weighted by Gasteiger charge is -2.14. The van der Waals surface area contributed by atoms with Gasteiger partial charge < -0.3 is 20.5 Å². The molecule has 0 aliphatic heterocycles. The zero-order chi connectivity index (χ0) is 22.1. The van der Waals surface area contributed by atoms with Crippen molar-refractivity contribution in [3.8, 4) is 0 Å². The molecule has 0 radical (unpaired) electrons. The van der Waals surface area contributed by atoms with Gasteiger partial charge in [-0.2, -0.15) is 0 Å². The van der Waals surface area contributed by atoms with Gasteiger partial charge in [-0.25, -0.2) is 9.59 Å². The minimum atomic E-state index is -1.22. The van der Waals surface area contributed by atoms with Crippen LogP contribution in [0.2, 0.25) is 0 Å². The average molecular weight is 428 g/mol. The number of carbonyl (C=O) groups is 4. The number of carboxylic acids is 1. The molecule has 9 heteroatoms. The average Bonchev–Trinajstić information content (AvgIpc) is 2.72. The molecule has 1 atom stereocenters. The number of benzene rings is 2. The van der Waals surface area contributed by atoms with E-state index < -0.39 is 23.1 Å². The van der Waals surface area contributed by atoms with E-state index in [1.807, 2.05) is 0 Å². The van der Waals surface area contributed by atoms with Crippen LogP contribution in [-0.2, 0) is 19.1 Å². The Kier molecular flexibility index (Phi) is 8.18. The summed E-state index contributed by atoms with van der Waals surface area (Å²) in [6, 6.07) is 13.3. The normalized spacial score (nSPS) is 11.5. The molecule has 2 aromatic rings. The molecule has 2 aromatic carbocycles. The third kappa shape index (κ3) is 6.78. The van der Waals surface area contributed by atoms with Gasteiger partial charge in [0.05, 0.1) is 23.6 Å². The van der Waals surface area contributed by atoms with Crippen LogP contribution in [0.15, 0.2) is 65.6 Å². The molecular weight excluding hydrogens is 408 g/mol. The monoisotopic (exact) mass is 428 g/mol. The van der Waals surface area contributed by atoms with E-state index in [1.54, 1.807) is 55.5 Å². The quantitative estimate of drug-likeness (QED) is 0.335. The van der Waals surface area contributed by atoms with Crippen molar-refractivity contribution in [2.45, 2.75) is 17.1 Å². The topological polar surface area (TPSA) is 122 Å². The van der Waals surface area contributed by atoms with E-state index in [-0.39, 0.29) is 11.5 Å². The summed E-state index contributed by atoms with van der Waals surface area (Å²) in [5.41, 5.74) is 1.07. The Morgan fingerprint density at radius 1 is 1.03 bits per heavy atom. The maximum Gasteiger partial charge on any atom is 0.339 e. The number of hydrogen-bond donors (Lipinski definition) is 3. The summed E-state index contributed by atoms with van der Waals surface area (Å²) >= 11 is 1.26. The molecule has 3 N–H and O–H groups in total. The van der Waals surface area contributed by atoms with Crippen molar-refractivity contribution >= 4 is 46.9 Å². The van der Waals surface area contributed by atoms with Crippen LogP contribution in [0.25, 0.3) is 0 Å². The third-order valence-corrected chi connectivity index (χ3v) is 4.84. The molecule has 2 rings (SSSR count). The van der Waals surface area contributed by atoms with Crippen molar-refractivity contribution in [2.24, 2.45) is 0 Å². The van der Waals surface area contributed by atoms with Crippen LogP contribution in [-0.4, -0.2) is 41.2 Å². The lowest BCUT2D eigenvalue weighted by Crippen LogP contribution is -2.23. The van der Waals surface area contributed by atoms with Crippen molar-refractivity contribution in [3.05, 3.63) is 66.2 Å². The standard InChI is InChI=1S/C21H20N2O6S/c1-13(20(27)23-17-9-4-3-8-16(17)21(28)29-2)30-15-7-5-6-14(12-15)22-18(24)10-11-19(25)26/h3-13H,1-2H3,(H,22,24)(H,23,27)(H,25,26)/b11-10+. The van der Waals surface area contributed by atoms with Gasteiger partial charge in [-0.15, -0.1) is 11.8 Å². The first-order valence-electron chi connectivity index (χ1n) is 8.77. The number of para-hydroxylation sites is 1. The number of hydrogen-bond acceptors (Lipinski definition) is 6. The highest BCUT2D eigenvalue weighted by Crippen LogP contribution is 2.27. The number of nitrogens with one attached hydrogen (secondary N) is 2. The minimum absolute atomic E-state index is 0.254. The zero-order valence-electron chi connectivity index (χ0n) is 16.2. The van der Waals surface area contributed by atoms with E-state index in [1.165, 1.54) is 18.9 Å².